The van der Waals surface area contributed by atoms with Crippen LogP contribution in [-0.2, 0) is 0 Å². The normalized spacial score (nSPS) is 10.0. The Bertz CT molecular complexity index is 274. The zero-order valence-corrected chi connectivity index (χ0v) is 7.88. The van der Waals surface area contributed by atoms with Crippen molar-refractivity contribution in [2.45, 2.75) is 13.3 Å². The maximum atomic E-state index is 8.58. The summed E-state index contributed by atoms with van der Waals surface area (Å²) in [6.45, 7) is 2.99. The quantitative estimate of drug-likeness (QED) is 0.484. The highest BCUT2D eigenvalue weighted by atomic mass is 16.3. The van der Waals surface area contributed by atoms with E-state index in [1.54, 1.807) is 0 Å². The third kappa shape index (κ3) is 2.95. The first-order valence-electron chi connectivity index (χ1n) is 4.45. The Hall–Kier alpha value is -1.22. The largest absolute Gasteiger partial charge is 0.399 e. The smallest absolute Gasteiger partial charge is 0.0447 e. The minimum absolute atomic E-state index is 0.223. The van der Waals surface area contributed by atoms with Gasteiger partial charge in [0.25, 0.3) is 0 Å². The van der Waals surface area contributed by atoms with Gasteiger partial charge in [0.2, 0.25) is 0 Å². The van der Waals surface area contributed by atoms with Crippen molar-refractivity contribution in [3.05, 3.63) is 23.8 Å². The van der Waals surface area contributed by atoms with E-state index in [9.17, 15) is 0 Å². The molecule has 0 saturated carbocycles. The molecule has 0 spiro atoms. The van der Waals surface area contributed by atoms with Gasteiger partial charge in [0.15, 0.2) is 0 Å². The third-order valence-corrected chi connectivity index (χ3v) is 1.93. The molecule has 0 aliphatic carbocycles. The van der Waals surface area contributed by atoms with Crippen molar-refractivity contribution in [2.75, 3.05) is 24.2 Å². The number of aliphatic hydroxyl groups excluding tert-OH is 1. The molecule has 3 nitrogen and oxygen atoms in total. The second-order valence-electron chi connectivity index (χ2n) is 3.08. The Labute approximate surface area is 78.6 Å². The third-order valence-electron chi connectivity index (χ3n) is 1.93. The molecule has 3 heteroatoms. The van der Waals surface area contributed by atoms with Gasteiger partial charge in [0, 0.05) is 24.5 Å². The predicted molar refractivity (Wildman–Crippen MR) is 55.8 cm³/mol. The molecule has 4 N–H and O–H groups in total. The van der Waals surface area contributed by atoms with E-state index in [1.807, 2.05) is 25.1 Å². The standard InChI is InChI=1S/C10H16N2O/c1-8-7-9(3-4-10(8)11)12-5-2-6-13/h3-4,7,12-13H,2,5-6,11H2,1H3. The molecular weight excluding hydrogens is 164 g/mol. The van der Waals surface area contributed by atoms with E-state index in [0.29, 0.717) is 0 Å². The van der Waals surface area contributed by atoms with E-state index in [4.69, 9.17) is 10.8 Å². The molecule has 0 amide bonds. The monoisotopic (exact) mass is 180 g/mol. The highest BCUT2D eigenvalue weighted by molar-refractivity contribution is 5.56. The van der Waals surface area contributed by atoms with Crippen molar-refractivity contribution in [1.29, 1.82) is 0 Å². The molecule has 1 aromatic carbocycles. The molecule has 13 heavy (non-hydrogen) atoms. The van der Waals surface area contributed by atoms with E-state index in [2.05, 4.69) is 5.32 Å². The lowest BCUT2D eigenvalue weighted by Crippen LogP contribution is -2.03. The van der Waals surface area contributed by atoms with Gasteiger partial charge >= 0.3 is 0 Å². The van der Waals surface area contributed by atoms with Gasteiger partial charge in [-0.1, -0.05) is 0 Å². The Balaban J connectivity index is 2.53. The Morgan fingerprint density at radius 1 is 1.46 bits per heavy atom. The highest BCUT2D eigenvalue weighted by Gasteiger charge is 1.95. The van der Waals surface area contributed by atoms with Gasteiger partial charge in [0.1, 0.15) is 0 Å². The number of nitrogens with two attached hydrogens (primary N) is 1. The second-order valence-corrected chi connectivity index (χ2v) is 3.08. The summed E-state index contributed by atoms with van der Waals surface area (Å²) in [5, 5.41) is 11.8. The number of hydrogen-bond acceptors (Lipinski definition) is 3. The molecule has 0 heterocycles. The summed E-state index contributed by atoms with van der Waals surface area (Å²) < 4.78 is 0. The van der Waals surface area contributed by atoms with Crippen LogP contribution < -0.4 is 11.1 Å². The summed E-state index contributed by atoms with van der Waals surface area (Å²) in [5.74, 6) is 0. The molecule has 72 valence electrons. The van der Waals surface area contributed by atoms with Crippen LogP contribution >= 0.6 is 0 Å². The molecular formula is C10H16N2O. The topological polar surface area (TPSA) is 58.3 Å². The zero-order chi connectivity index (χ0) is 9.68. The average molecular weight is 180 g/mol. The number of benzene rings is 1. The molecule has 0 bridgehead atoms. The molecule has 0 aliphatic heterocycles. The number of aryl methyl sites for hydroxylation is 1. The van der Waals surface area contributed by atoms with E-state index in [1.165, 1.54) is 0 Å². The van der Waals surface area contributed by atoms with Gasteiger partial charge in [-0.05, 0) is 37.1 Å². The van der Waals surface area contributed by atoms with Crippen molar-refractivity contribution in [1.82, 2.24) is 0 Å². The number of rotatable bonds is 4. The van der Waals surface area contributed by atoms with Crippen molar-refractivity contribution >= 4 is 11.4 Å². The number of nitrogens with one attached hydrogen (secondary N) is 1. The number of anilines is 2. The fourth-order valence-corrected chi connectivity index (χ4v) is 1.10. The first kappa shape index (κ1) is 9.86. The van der Waals surface area contributed by atoms with Gasteiger partial charge in [-0.15, -0.1) is 0 Å². The molecule has 0 fully saturated rings. The fraction of sp³-hybridized carbons (Fsp3) is 0.400. The Morgan fingerprint density at radius 2 is 2.23 bits per heavy atom. The van der Waals surface area contributed by atoms with Crippen LogP contribution in [0.2, 0.25) is 0 Å². The van der Waals surface area contributed by atoms with Crippen LogP contribution in [0.1, 0.15) is 12.0 Å². The highest BCUT2D eigenvalue weighted by Crippen LogP contribution is 2.16. The number of aliphatic hydroxyl groups is 1. The molecule has 1 aromatic rings. The minimum Gasteiger partial charge on any atom is -0.399 e. The fourth-order valence-electron chi connectivity index (χ4n) is 1.10. The maximum Gasteiger partial charge on any atom is 0.0447 e. The van der Waals surface area contributed by atoms with Gasteiger partial charge < -0.3 is 16.2 Å². The van der Waals surface area contributed by atoms with Crippen LogP contribution in [0.4, 0.5) is 11.4 Å². The molecule has 0 saturated heterocycles. The molecule has 0 aromatic heterocycles. The first-order chi connectivity index (χ1) is 6.24. The second kappa shape index (κ2) is 4.72. The summed E-state index contributed by atoms with van der Waals surface area (Å²) in [5.41, 5.74) is 8.62. The lowest BCUT2D eigenvalue weighted by atomic mass is 10.2. The van der Waals surface area contributed by atoms with Gasteiger partial charge in [-0.2, -0.15) is 0 Å². The van der Waals surface area contributed by atoms with E-state index < -0.39 is 0 Å². The van der Waals surface area contributed by atoms with Crippen molar-refractivity contribution in [3.63, 3.8) is 0 Å². The van der Waals surface area contributed by atoms with Crippen LogP contribution in [0.15, 0.2) is 18.2 Å². The van der Waals surface area contributed by atoms with Crippen LogP contribution in [0.3, 0.4) is 0 Å². The number of hydrogen-bond donors (Lipinski definition) is 3. The average Bonchev–Trinajstić information content (AvgIpc) is 2.12. The number of nitrogen functional groups attached to an aromatic ring is 1. The van der Waals surface area contributed by atoms with E-state index >= 15 is 0 Å². The predicted octanol–water partition coefficient (Wildman–Crippen LogP) is 1.37. The molecule has 0 radical (unpaired) electrons. The summed E-state index contributed by atoms with van der Waals surface area (Å²) in [6, 6.07) is 5.84. The molecule has 0 unspecified atom stereocenters. The summed E-state index contributed by atoms with van der Waals surface area (Å²) in [4.78, 5) is 0. The van der Waals surface area contributed by atoms with Crippen LogP contribution in [0.25, 0.3) is 0 Å². The van der Waals surface area contributed by atoms with Gasteiger partial charge in [0.05, 0.1) is 0 Å². The van der Waals surface area contributed by atoms with Crippen molar-refractivity contribution in [2.24, 2.45) is 0 Å². The summed E-state index contributed by atoms with van der Waals surface area (Å²) in [6.07, 6.45) is 0.767. The molecule has 0 aliphatic rings. The summed E-state index contributed by atoms with van der Waals surface area (Å²) in [7, 11) is 0. The Morgan fingerprint density at radius 3 is 2.85 bits per heavy atom. The van der Waals surface area contributed by atoms with Crippen LogP contribution in [0, 0.1) is 6.92 Å². The first-order valence-corrected chi connectivity index (χ1v) is 4.45. The SMILES string of the molecule is Cc1cc(NCCCO)ccc1N. The zero-order valence-electron chi connectivity index (χ0n) is 7.88. The summed E-state index contributed by atoms with van der Waals surface area (Å²) >= 11 is 0. The molecule has 0 atom stereocenters. The maximum absolute atomic E-state index is 8.58. The van der Waals surface area contributed by atoms with E-state index in [-0.39, 0.29) is 6.61 Å². The molecule has 1 rings (SSSR count). The van der Waals surface area contributed by atoms with E-state index in [0.717, 1.165) is 29.9 Å². The Kier molecular flexibility index (Phi) is 3.58. The van der Waals surface area contributed by atoms with Gasteiger partial charge in [-0.3, -0.25) is 0 Å². The minimum atomic E-state index is 0.223. The van der Waals surface area contributed by atoms with Crippen LogP contribution in [-0.4, -0.2) is 18.3 Å². The van der Waals surface area contributed by atoms with Gasteiger partial charge in [-0.25, -0.2) is 0 Å². The van der Waals surface area contributed by atoms with Crippen molar-refractivity contribution < 1.29 is 5.11 Å². The lowest BCUT2D eigenvalue weighted by molar-refractivity contribution is 0.292. The van der Waals surface area contributed by atoms with Crippen LogP contribution in [0.5, 0.6) is 0 Å². The lowest BCUT2D eigenvalue weighted by Gasteiger charge is -2.07. The van der Waals surface area contributed by atoms with Crippen molar-refractivity contribution in [3.8, 4) is 0 Å².